The molecule has 0 saturated heterocycles. The molecule has 1 aliphatic rings. The SMILES string of the molecule is CCOC1(c2noc(-c3cnn(C)c3N)n2)CCCCC1. The molecule has 0 atom stereocenters. The van der Waals surface area contributed by atoms with Crippen molar-refractivity contribution in [1.82, 2.24) is 19.9 Å². The molecule has 0 radical (unpaired) electrons. The summed E-state index contributed by atoms with van der Waals surface area (Å²) in [5.74, 6) is 1.54. The number of nitrogen functional groups attached to an aromatic ring is 1. The Balaban J connectivity index is 1.94. The van der Waals surface area contributed by atoms with Crippen molar-refractivity contribution in [3.63, 3.8) is 0 Å². The van der Waals surface area contributed by atoms with E-state index in [9.17, 15) is 0 Å². The summed E-state index contributed by atoms with van der Waals surface area (Å²) in [6, 6.07) is 0. The van der Waals surface area contributed by atoms with Gasteiger partial charge in [-0.2, -0.15) is 10.1 Å². The van der Waals surface area contributed by atoms with E-state index in [0.29, 0.717) is 29.7 Å². The third kappa shape index (κ3) is 2.42. The van der Waals surface area contributed by atoms with E-state index in [1.165, 1.54) is 6.42 Å². The van der Waals surface area contributed by atoms with Gasteiger partial charge in [0.25, 0.3) is 5.89 Å². The Morgan fingerprint density at radius 3 is 2.76 bits per heavy atom. The highest BCUT2D eigenvalue weighted by Gasteiger charge is 2.39. The van der Waals surface area contributed by atoms with Crippen molar-refractivity contribution < 1.29 is 9.26 Å². The molecule has 3 rings (SSSR count). The summed E-state index contributed by atoms with van der Waals surface area (Å²) in [6.07, 6.45) is 6.98. The van der Waals surface area contributed by atoms with E-state index >= 15 is 0 Å². The summed E-state index contributed by atoms with van der Waals surface area (Å²) in [5, 5.41) is 8.25. The Labute approximate surface area is 123 Å². The first-order valence-electron chi connectivity index (χ1n) is 7.42. The molecular weight excluding hydrogens is 270 g/mol. The highest BCUT2D eigenvalue weighted by Crippen LogP contribution is 2.40. The molecule has 7 nitrogen and oxygen atoms in total. The topological polar surface area (TPSA) is 92.0 Å². The number of hydrogen-bond acceptors (Lipinski definition) is 6. The lowest BCUT2D eigenvalue weighted by atomic mass is 9.84. The van der Waals surface area contributed by atoms with Crippen LogP contribution in [0.3, 0.4) is 0 Å². The van der Waals surface area contributed by atoms with Crippen molar-refractivity contribution in [2.45, 2.75) is 44.6 Å². The van der Waals surface area contributed by atoms with E-state index in [0.717, 1.165) is 25.7 Å². The highest BCUT2D eigenvalue weighted by atomic mass is 16.5. The molecule has 0 aromatic carbocycles. The van der Waals surface area contributed by atoms with Crippen LogP contribution in [0.4, 0.5) is 5.82 Å². The first kappa shape index (κ1) is 14.1. The molecule has 0 spiro atoms. The summed E-state index contributed by atoms with van der Waals surface area (Å²) in [4.78, 5) is 4.53. The Kier molecular flexibility index (Phi) is 3.67. The van der Waals surface area contributed by atoms with Gasteiger partial charge in [-0.15, -0.1) is 0 Å². The zero-order chi connectivity index (χ0) is 14.9. The van der Waals surface area contributed by atoms with Gasteiger partial charge in [0, 0.05) is 13.7 Å². The van der Waals surface area contributed by atoms with Crippen LogP contribution in [-0.2, 0) is 17.4 Å². The van der Waals surface area contributed by atoms with Crippen molar-refractivity contribution in [3.8, 4) is 11.5 Å². The second-order valence-electron chi connectivity index (χ2n) is 5.48. The van der Waals surface area contributed by atoms with E-state index < -0.39 is 5.60 Å². The van der Waals surface area contributed by atoms with Crippen molar-refractivity contribution in [2.75, 3.05) is 12.3 Å². The number of hydrogen-bond donors (Lipinski definition) is 1. The summed E-state index contributed by atoms with van der Waals surface area (Å²) in [6.45, 7) is 2.63. The Hall–Kier alpha value is -1.89. The number of nitrogens with zero attached hydrogens (tertiary/aromatic N) is 4. The van der Waals surface area contributed by atoms with Gasteiger partial charge in [-0.3, -0.25) is 4.68 Å². The van der Waals surface area contributed by atoms with Crippen LogP contribution < -0.4 is 5.73 Å². The predicted molar refractivity (Wildman–Crippen MR) is 77.3 cm³/mol. The van der Waals surface area contributed by atoms with Crippen LogP contribution in [0, 0.1) is 0 Å². The minimum Gasteiger partial charge on any atom is -0.383 e. The third-order valence-corrected chi connectivity index (χ3v) is 4.13. The number of nitrogens with two attached hydrogens (primary N) is 1. The van der Waals surface area contributed by atoms with E-state index in [2.05, 4.69) is 15.2 Å². The maximum atomic E-state index is 6.00. The zero-order valence-corrected chi connectivity index (χ0v) is 12.5. The summed E-state index contributed by atoms with van der Waals surface area (Å²) < 4.78 is 13.0. The van der Waals surface area contributed by atoms with Crippen LogP contribution >= 0.6 is 0 Å². The fraction of sp³-hybridized carbons (Fsp3) is 0.643. The van der Waals surface area contributed by atoms with Crippen molar-refractivity contribution >= 4 is 5.82 Å². The van der Waals surface area contributed by atoms with Crippen molar-refractivity contribution in [3.05, 3.63) is 12.0 Å². The lowest BCUT2D eigenvalue weighted by Gasteiger charge is -2.33. The van der Waals surface area contributed by atoms with Gasteiger partial charge in [0.2, 0.25) is 5.82 Å². The van der Waals surface area contributed by atoms with Crippen molar-refractivity contribution in [2.24, 2.45) is 7.05 Å². The van der Waals surface area contributed by atoms with Gasteiger partial charge in [0.05, 0.1) is 6.20 Å². The zero-order valence-electron chi connectivity index (χ0n) is 12.5. The van der Waals surface area contributed by atoms with Crippen LogP contribution in [0.2, 0.25) is 0 Å². The molecule has 1 fully saturated rings. The highest BCUT2D eigenvalue weighted by molar-refractivity contribution is 5.66. The van der Waals surface area contributed by atoms with Gasteiger partial charge in [0.1, 0.15) is 17.0 Å². The lowest BCUT2D eigenvalue weighted by Crippen LogP contribution is -2.33. The fourth-order valence-electron chi connectivity index (χ4n) is 2.96. The average Bonchev–Trinajstić information content (AvgIpc) is 3.09. The number of aryl methyl sites for hydroxylation is 1. The molecule has 21 heavy (non-hydrogen) atoms. The summed E-state index contributed by atoms with van der Waals surface area (Å²) in [5.41, 5.74) is 6.21. The molecule has 7 heteroatoms. The maximum absolute atomic E-state index is 6.00. The average molecular weight is 291 g/mol. The first-order chi connectivity index (χ1) is 10.2. The van der Waals surface area contributed by atoms with Gasteiger partial charge in [-0.05, 0) is 19.8 Å². The molecule has 0 aliphatic heterocycles. The van der Waals surface area contributed by atoms with Crippen LogP contribution in [0.1, 0.15) is 44.9 Å². The summed E-state index contributed by atoms with van der Waals surface area (Å²) >= 11 is 0. The Morgan fingerprint density at radius 1 is 1.38 bits per heavy atom. The minimum atomic E-state index is -0.411. The van der Waals surface area contributed by atoms with Gasteiger partial charge >= 0.3 is 0 Å². The Bertz CT molecular complexity index is 607. The molecule has 2 heterocycles. The molecule has 2 aromatic heterocycles. The molecule has 2 aromatic rings. The maximum Gasteiger partial charge on any atom is 0.263 e. The second-order valence-corrected chi connectivity index (χ2v) is 5.48. The predicted octanol–water partition coefficient (Wildman–Crippen LogP) is 2.25. The van der Waals surface area contributed by atoms with E-state index in [1.807, 2.05) is 6.92 Å². The standard InChI is InChI=1S/C14H21N5O2/c1-3-20-14(7-5-4-6-8-14)13-17-12(21-18-13)10-9-16-19(2)11(10)15/h9H,3-8,15H2,1-2H3. The molecule has 1 aliphatic carbocycles. The molecule has 114 valence electrons. The fourth-order valence-corrected chi connectivity index (χ4v) is 2.96. The number of anilines is 1. The third-order valence-electron chi connectivity index (χ3n) is 4.13. The smallest absolute Gasteiger partial charge is 0.263 e. The van der Waals surface area contributed by atoms with Crippen LogP contribution in [0.15, 0.2) is 10.7 Å². The van der Waals surface area contributed by atoms with E-state index in [1.54, 1.807) is 17.9 Å². The van der Waals surface area contributed by atoms with Gasteiger partial charge in [-0.1, -0.05) is 24.4 Å². The largest absolute Gasteiger partial charge is 0.383 e. The second kappa shape index (κ2) is 5.48. The van der Waals surface area contributed by atoms with Crippen LogP contribution in [0.25, 0.3) is 11.5 Å². The number of rotatable bonds is 4. The van der Waals surface area contributed by atoms with Crippen LogP contribution in [0.5, 0.6) is 0 Å². The molecular formula is C14H21N5O2. The van der Waals surface area contributed by atoms with E-state index in [4.69, 9.17) is 15.0 Å². The van der Waals surface area contributed by atoms with Gasteiger partial charge < -0.3 is 15.0 Å². The quantitative estimate of drug-likeness (QED) is 0.928. The summed E-state index contributed by atoms with van der Waals surface area (Å²) in [7, 11) is 1.78. The first-order valence-corrected chi connectivity index (χ1v) is 7.42. The Morgan fingerprint density at radius 2 is 2.14 bits per heavy atom. The van der Waals surface area contributed by atoms with E-state index in [-0.39, 0.29) is 0 Å². The molecule has 0 bridgehead atoms. The number of aromatic nitrogens is 4. The molecule has 0 unspecified atom stereocenters. The normalized spacial score (nSPS) is 18.0. The van der Waals surface area contributed by atoms with Gasteiger partial charge in [-0.25, -0.2) is 0 Å². The molecule has 0 amide bonds. The van der Waals surface area contributed by atoms with Crippen LogP contribution in [-0.4, -0.2) is 26.5 Å². The van der Waals surface area contributed by atoms with Gasteiger partial charge in [0.15, 0.2) is 0 Å². The monoisotopic (exact) mass is 291 g/mol. The molecule has 1 saturated carbocycles. The minimum absolute atomic E-state index is 0.403. The lowest BCUT2D eigenvalue weighted by molar-refractivity contribution is -0.0777. The number of ether oxygens (including phenoxy) is 1. The molecule has 2 N–H and O–H groups in total. The van der Waals surface area contributed by atoms with Crippen molar-refractivity contribution in [1.29, 1.82) is 0 Å².